The molecule has 13 heavy (non-hydrogen) atoms. The van der Waals surface area contributed by atoms with E-state index < -0.39 is 0 Å². The third-order valence-electron chi connectivity index (χ3n) is 1.51. The fourth-order valence-corrected chi connectivity index (χ4v) is 1.11. The molecule has 0 saturated heterocycles. The summed E-state index contributed by atoms with van der Waals surface area (Å²) in [6, 6.07) is 3.18. The van der Waals surface area contributed by atoms with E-state index in [4.69, 9.17) is 11.5 Å². The molecule has 1 rings (SSSR count). The number of carbonyl (C=O) groups is 1. The van der Waals surface area contributed by atoms with E-state index in [2.05, 4.69) is 17.9 Å². The van der Waals surface area contributed by atoms with Crippen molar-refractivity contribution in [2.45, 2.75) is 11.8 Å². The van der Waals surface area contributed by atoms with Gasteiger partial charge in [0.2, 0.25) is 5.91 Å². The van der Waals surface area contributed by atoms with Gasteiger partial charge in [-0.25, -0.2) is 0 Å². The van der Waals surface area contributed by atoms with Gasteiger partial charge in [-0.3, -0.25) is 4.79 Å². The van der Waals surface area contributed by atoms with Crippen LogP contribution in [0.1, 0.15) is 6.92 Å². The average Bonchev–Trinajstić information content (AvgIpc) is 1.99. The Morgan fingerprint density at radius 2 is 2.00 bits per heavy atom. The molecule has 4 nitrogen and oxygen atoms in total. The number of nitrogen functional groups attached to an aromatic ring is 2. The van der Waals surface area contributed by atoms with Crippen molar-refractivity contribution in [1.82, 2.24) is 0 Å². The molecule has 0 bridgehead atoms. The van der Waals surface area contributed by atoms with Crippen LogP contribution in [0, 0.1) is 0 Å². The third-order valence-corrected chi connectivity index (χ3v) is 1.90. The number of thiol groups is 1. The fourth-order valence-electron chi connectivity index (χ4n) is 0.921. The number of nitrogens with two attached hydrogens (primary N) is 2. The summed E-state index contributed by atoms with van der Waals surface area (Å²) in [7, 11) is 0. The molecular formula is C8H11N3OS. The molecule has 0 heterocycles. The lowest BCUT2D eigenvalue weighted by Gasteiger charge is -2.08. The molecule has 0 radical (unpaired) electrons. The Kier molecular flexibility index (Phi) is 2.67. The first-order valence-electron chi connectivity index (χ1n) is 3.66. The van der Waals surface area contributed by atoms with Crippen LogP contribution in [0.4, 0.5) is 17.1 Å². The van der Waals surface area contributed by atoms with E-state index in [1.807, 2.05) is 0 Å². The van der Waals surface area contributed by atoms with Crippen LogP contribution in [-0.2, 0) is 4.79 Å². The lowest BCUT2D eigenvalue weighted by atomic mass is 10.2. The Labute approximate surface area is 81.7 Å². The number of rotatable bonds is 1. The Balaban J connectivity index is 3.08. The number of carbonyl (C=O) groups excluding carboxylic acids is 1. The van der Waals surface area contributed by atoms with Crippen LogP contribution in [0.2, 0.25) is 0 Å². The summed E-state index contributed by atoms with van der Waals surface area (Å²) in [4.78, 5) is 11.3. The van der Waals surface area contributed by atoms with Gasteiger partial charge in [0.15, 0.2) is 0 Å². The van der Waals surface area contributed by atoms with Crippen molar-refractivity contribution in [3.63, 3.8) is 0 Å². The summed E-state index contributed by atoms with van der Waals surface area (Å²) >= 11 is 4.11. The first-order chi connectivity index (χ1) is 6.00. The second-order valence-electron chi connectivity index (χ2n) is 2.68. The van der Waals surface area contributed by atoms with Crippen molar-refractivity contribution in [3.8, 4) is 0 Å². The number of nitrogens with one attached hydrogen (secondary N) is 1. The van der Waals surface area contributed by atoms with Gasteiger partial charge < -0.3 is 16.8 Å². The van der Waals surface area contributed by atoms with Gasteiger partial charge in [-0.15, -0.1) is 12.6 Å². The fraction of sp³-hybridized carbons (Fsp3) is 0.125. The standard InChI is InChI=1S/C8H11N3OS/c1-4(12)11-7-3-8(13)6(10)2-5(7)9/h2-3,13H,9-10H2,1H3,(H,11,12). The Hall–Kier alpha value is -1.36. The average molecular weight is 197 g/mol. The van der Waals surface area contributed by atoms with Crippen LogP contribution >= 0.6 is 12.6 Å². The molecule has 0 spiro atoms. The van der Waals surface area contributed by atoms with Crippen LogP contribution in [0.15, 0.2) is 17.0 Å². The highest BCUT2D eigenvalue weighted by Crippen LogP contribution is 2.27. The molecule has 0 saturated carbocycles. The predicted molar refractivity (Wildman–Crippen MR) is 56.8 cm³/mol. The maximum Gasteiger partial charge on any atom is 0.221 e. The zero-order valence-corrected chi connectivity index (χ0v) is 8.06. The molecular weight excluding hydrogens is 186 g/mol. The Morgan fingerprint density at radius 3 is 2.54 bits per heavy atom. The highest BCUT2D eigenvalue weighted by Gasteiger charge is 2.04. The van der Waals surface area contributed by atoms with Gasteiger partial charge in [0.25, 0.3) is 0 Å². The van der Waals surface area contributed by atoms with E-state index in [1.54, 1.807) is 12.1 Å². The minimum absolute atomic E-state index is 0.177. The van der Waals surface area contributed by atoms with Crippen molar-refractivity contribution in [3.05, 3.63) is 12.1 Å². The van der Waals surface area contributed by atoms with Crippen molar-refractivity contribution < 1.29 is 4.79 Å². The molecule has 70 valence electrons. The lowest BCUT2D eigenvalue weighted by Crippen LogP contribution is -2.08. The first-order valence-corrected chi connectivity index (χ1v) is 4.11. The number of hydrogen-bond acceptors (Lipinski definition) is 4. The molecule has 0 aliphatic rings. The smallest absolute Gasteiger partial charge is 0.221 e. The van der Waals surface area contributed by atoms with Crippen molar-refractivity contribution in [1.29, 1.82) is 0 Å². The number of hydrogen-bond donors (Lipinski definition) is 4. The number of amides is 1. The highest BCUT2D eigenvalue weighted by atomic mass is 32.1. The van der Waals surface area contributed by atoms with E-state index in [0.717, 1.165) is 0 Å². The van der Waals surface area contributed by atoms with Gasteiger partial charge >= 0.3 is 0 Å². The van der Waals surface area contributed by atoms with Gasteiger partial charge in [0.1, 0.15) is 0 Å². The van der Waals surface area contributed by atoms with Crippen LogP contribution in [0.5, 0.6) is 0 Å². The lowest BCUT2D eigenvalue weighted by molar-refractivity contribution is -0.114. The highest BCUT2D eigenvalue weighted by molar-refractivity contribution is 7.80. The minimum Gasteiger partial charge on any atom is -0.398 e. The van der Waals surface area contributed by atoms with E-state index in [0.29, 0.717) is 22.0 Å². The zero-order valence-electron chi connectivity index (χ0n) is 7.16. The zero-order chi connectivity index (χ0) is 10.0. The Morgan fingerprint density at radius 1 is 1.38 bits per heavy atom. The van der Waals surface area contributed by atoms with Gasteiger partial charge in [-0.2, -0.15) is 0 Å². The summed E-state index contributed by atoms with van der Waals surface area (Å²) in [5, 5.41) is 2.57. The van der Waals surface area contributed by atoms with Crippen LogP contribution in [0.3, 0.4) is 0 Å². The SMILES string of the molecule is CC(=O)Nc1cc(S)c(N)cc1N. The maximum atomic E-state index is 10.7. The molecule has 1 amide bonds. The number of benzene rings is 1. The third kappa shape index (κ3) is 2.29. The van der Waals surface area contributed by atoms with Gasteiger partial charge in [0.05, 0.1) is 11.4 Å². The van der Waals surface area contributed by atoms with E-state index in [1.165, 1.54) is 6.92 Å². The van der Waals surface area contributed by atoms with Crippen LogP contribution in [0.25, 0.3) is 0 Å². The van der Waals surface area contributed by atoms with Crippen molar-refractivity contribution >= 4 is 35.6 Å². The van der Waals surface area contributed by atoms with Crippen molar-refractivity contribution in [2.24, 2.45) is 0 Å². The summed E-state index contributed by atoms with van der Waals surface area (Å²) in [6.45, 7) is 1.41. The normalized spacial score (nSPS) is 9.69. The molecule has 1 aromatic rings. The molecule has 0 atom stereocenters. The summed E-state index contributed by atoms with van der Waals surface area (Å²) in [6.07, 6.45) is 0. The van der Waals surface area contributed by atoms with Crippen molar-refractivity contribution in [2.75, 3.05) is 16.8 Å². The first kappa shape index (κ1) is 9.73. The van der Waals surface area contributed by atoms with Crippen LogP contribution < -0.4 is 16.8 Å². The second-order valence-corrected chi connectivity index (χ2v) is 3.16. The summed E-state index contributed by atoms with van der Waals surface area (Å²) in [5.74, 6) is -0.177. The maximum absolute atomic E-state index is 10.7. The largest absolute Gasteiger partial charge is 0.398 e. The van der Waals surface area contributed by atoms with E-state index in [-0.39, 0.29) is 5.91 Å². The number of anilines is 3. The Bertz CT molecular complexity index is 351. The topological polar surface area (TPSA) is 81.1 Å². The second kappa shape index (κ2) is 3.57. The van der Waals surface area contributed by atoms with Gasteiger partial charge in [-0.05, 0) is 12.1 Å². The van der Waals surface area contributed by atoms with E-state index >= 15 is 0 Å². The van der Waals surface area contributed by atoms with Gasteiger partial charge in [-0.1, -0.05) is 0 Å². The quantitative estimate of drug-likeness (QED) is 0.402. The van der Waals surface area contributed by atoms with Crippen LogP contribution in [-0.4, -0.2) is 5.91 Å². The molecule has 0 fully saturated rings. The summed E-state index contributed by atoms with van der Waals surface area (Å²) < 4.78 is 0. The molecule has 0 aromatic heterocycles. The van der Waals surface area contributed by atoms with E-state index in [9.17, 15) is 4.79 Å². The monoisotopic (exact) mass is 197 g/mol. The molecule has 5 N–H and O–H groups in total. The minimum atomic E-state index is -0.177. The molecule has 1 aromatic carbocycles. The molecule has 5 heteroatoms. The molecule has 0 aliphatic heterocycles. The predicted octanol–water partition coefficient (Wildman–Crippen LogP) is 1.10. The summed E-state index contributed by atoms with van der Waals surface area (Å²) in [5.41, 5.74) is 12.6. The van der Waals surface area contributed by atoms with Gasteiger partial charge in [0, 0.05) is 17.5 Å². The molecule has 0 aliphatic carbocycles. The molecule has 0 unspecified atom stereocenters.